The minimum atomic E-state index is -0.789. The summed E-state index contributed by atoms with van der Waals surface area (Å²) in [7, 11) is 1.47. The molecule has 0 atom stereocenters. The molecule has 0 saturated heterocycles. The number of rotatable bonds is 8. The minimum Gasteiger partial charge on any atom is -0.495 e. The van der Waals surface area contributed by atoms with Gasteiger partial charge in [0.25, 0.3) is 17.7 Å². The quantitative estimate of drug-likeness (QED) is 0.410. The number of carbonyl (C=O) groups is 4. The van der Waals surface area contributed by atoms with Gasteiger partial charge < -0.3 is 14.4 Å². The number of carbonyl (C=O) groups excluding carboxylic acids is 4. The molecule has 9 heteroatoms. The van der Waals surface area contributed by atoms with Crippen molar-refractivity contribution in [2.24, 2.45) is 0 Å². The number of imide groups is 1. The Morgan fingerprint density at radius 2 is 1.78 bits per heavy atom. The molecule has 2 aliphatic rings. The lowest BCUT2D eigenvalue weighted by molar-refractivity contribution is -0.121. The van der Waals surface area contributed by atoms with E-state index in [-0.39, 0.29) is 41.6 Å². The molecular weight excluding hydrogens is 462 g/mol. The van der Waals surface area contributed by atoms with E-state index in [1.807, 2.05) is 6.07 Å². The van der Waals surface area contributed by atoms with Crippen molar-refractivity contribution in [3.8, 4) is 11.8 Å². The number of hydrogen-bond donors (Lipinski definition) is 0. The zero-order chi connectivity index (χ0) is 25.7. The lowest BCUT2D eigenvalue weighted by Crippen LogP contribution is -2.40. The van der Waals surface area contributed by atoms with Crippen LogP contribution >= 0.6 is 0 Å². The van der Waals surface area contributed by atoms with Gasteiger partial charge in [0.1, 0.15) is 5.75 Å². The van der Waals surface area contributed by atoms with Gasteiger partial charge in [0.05, 0.1) is 42.0 Å². The summed E-state index contributed by atoms with van der Waals surface area (Å²) >= 11 is 0. The third kappa shape index (κ3) is 4.93. The molecular formula is C27H27N3O6. The van der Waals surface area contributed by atoms with E-state index < -0.39 is 24.4 Å². The standard InChI is InChI=1S/C27H27N3O6/c1-35-23-11-6-5-10-22(23)29(15-7-14-28)24(31)17-36-27(34)18-12-13-20-21(16-18)26(33)30(25(20)32)19-8-3-2-4-9-19/h5-6,10-13,16,19H,2-4,7-9,15,17H2,1H3. The van der Waals surface area contributed by atoms with Gasteiger partial charge in [-0.1, -0.05) is 31.4 Å². The van der Waals surface area contributed by atoms with Gasteiger partial charge >= 0.3 is 5.97 Å². The number of fused-ring (bicyclic) bond motifs is 1. The highest BCUT2D eigenvalue weighted by molar-refractivity contribution is 6.22. The lowest BCUT2D eigenvalue weighted by Gasteiger charge is -2.29. The van der Waals surface area contributed by atoms with Crippen LogP contribution in [0.15, 0.2) is 42.5 Å². The van der Waals surface area contributed by atoms with Crippen molar-refractivity contribution in [1.82, 2.24) is 4.90 Å². The largest absolute Gasteiger partial charge is 0.495 e. The molecule has 0 bridgehead atoms. The third-order valence-corrected chi connectivity index (χ3v) is 6.54. The van der Waals surface area contributed by atoms with Crippen molar-refractivity contribution in [1.29, 1.82) is 5.26 Å². The predicted molar refractivity (Wildman–Crippen MR) is 130 cm³/mol. The Labute approximate surface area is 209 Å². The Kier molecular flexibility index (Phi) is 7.64. The number of methoxy groups -OCH3 is 1. The van der Waals surface area contributed by atoms with E-state index in [0.717, 1.165) is 32.1 Å². The van der Waals surface area contributed by atoms with Crippen molar-refractivity contribution in [2.75, 3.05) is 25.2 Å². The van der Waals surface area contributed by atoms with Crippen LogP contribution in [0.3, 0.4) is 0 Å². The molecule has 4 rings (SSSR count). The van der Waals surface area contributed by atoms with Gasteiger partial charge in [-0.05, 0) is 43.2 Å². The number of anilines is 1. The molecule has 1 fully saturated rings. The summed E-state index contributed by atoms with van der Waals surface area (Å²) in [5.74, 6) is -1.60. The second-order valence-electron chi connectivity index (χ2n) is 8.73. The molecule has 9 nitrogen and oxygen atoms in total. The molecule has 36 heavy (non-hydrogen) atoms. The zero-order valence-electron chi connectivity index (χ0n) is 20.1. The summed E-state index contributed by atoms with van der Waals surface area (Å²) in [5.41, 5.74) is 0.989. The van der Waals surface area contributed by atoms with Crippen LogP contribution in [0.5, 0.6) is 5.75 Å². The van der Waals surface area contributed by atoms with Gasteiger partial charge in [0.2, 0.25) is 0 Å². The first-order valence-electron chi connectivity index (χ1n) is 12.0. The number of benzene rings is 2. The molecule has 0 unspecified atom stereocenters. The van der Waals surface area contributed by atoms with E-state index in [1.165, 1.54) is 35.1 Å². The zero-order valence-corrected chi connectivity index (χ0v) is 20.1. The van der Waals surface area contributed by atoms with Gasteiger partial charge in [-0.15, -0.1) is 0 Å². The van der Waals surface area contributed by atoms with Gasteiger partial charge in [-0.25, -0.2) is 4.79 Å². The highest BCUT2D eigenvalue weighted by Gasteiger charge is 2.40. The van der Waals surface area contributed by atoms with E-state index in [0.29, 0.717) is 11.4 Å². The molecule has 0 radical (unpaired) electrons. The molecule has 1 aliphatic heterocycles. The molecule has 0 aromatic heterocycles. The smallest absolute Gasteiger partial charge is 0.338 e. The van der Waals surface area contributed by atoms with Crippen LogP contribution in [0, 0.1) is 11.3 Å². The van der Waals surface area contributed by atoms with E-state index in [1.54, 1.807) is 24.3 Å². The first-order chi connectivity index (χ1) is 17.5. The fourth-order valence-corrected chi connectivity index (χ4v) is 4.74. The SMILES string of the molecule is COc1ccccc1N(CCC#N)C(=O)COC(=O)c1ccc2c(c1)C(=O)N(C1CCCCC1)C2=O. The number of esters is 1. The summed E-state index contributed by atoms with van der Waals surface area (Å²) in [6.07, 6.45) is 4.71. The highest BCUT2D eigenvalue weighted by Crippen LogP contribution is 2.32. The summed E-state index contributed by atoms with van der Waals surface area (Å²) in [6, 6.07) is 13.0. The van der Waals surface area contributed by atoms with Crippen LogP contribution in [0.2, 0.25) is 0 Å². The normalized spacial score (nSPS) is 15.3. The number of ether oxygens (including phenoxy) is 2. The maximum atomic E-state index is 13.0. The second-order valence-corrected chi connectivity index (χ2v) is 8.73. The van der Waals surface area contributed by atoms with Crippen LogP contribution < -0.4 is 9.64 Å². The van der Waals surface area contributed by atoms with Crippen LogP contribution in [0.25, 0.3) is 0 Å². The van der Waals surface area contributed by atoms with Crippen LogP contribution in [0.1, 0.15) is 69.6 Å². The molecule has 3 amide bonds. The number of amides is 3. The molecule has 2 aromatic rings. The van der Waals surface area contributed by atoms with Crippen molar-refractivity contribution in [2.45, 2.75) is 44.6 Å². The van der Waals surface area contributed by atoms with E-state index >= 15 is 0 Å². The Morgan fingerprint density at radius 3 is 2.50 bits per heavy atom. The topological polar surface area (TPSA) is 117 Å². The average molecular weight is 490 g/mol. The molecule has 0 N–H and O–H groups in total. The molecule has 2 aromatic carbocycles. The van der Waals surface area contributed by atoms with Gasteiger partial charge in [-0.3, -0.25) is 19.3 Å². The van der Waals surface area contributed by atoms with E-state index in [4.69, 9.17) is 14.7 Å². The maximum Gasteiger partial charge on any atom is 0.338 e. The van der Waals surface area contributed by atoms with Crippen molar-refractivity contribution < 1.29 is 28.7 Å². The average Bonchev–Trinajstić information content (AvgIpc) is 3.17. The van der Waals surface area contributed by atoms with Gasteiger partial charge in [0, 0.05) is 12.6 Å². The van der Waals surface area contributed by atoms with E-state index in [9.17, 15) is 19.2 Å². The fourth-order valence-electron chi connectivity index (χ4n) is 4.74. The minimum absolute atomic E-state index is 0.0778. The van der Waals surface area contributed by atoms with E-state index in [2.05, 4.69) is 0 Å². The Balaban J connectivity index is 1.46. The Hall–Kier alpha value is -4.19. The maximum absolute atomic E-state index is 13.0. The summed E-state index contributed by atoms with van der Waals surface area (Å²) in [6.45, 7) is -0.472. The number of nitrogens with zero attached hydrogens (tertiary/aromatic N) is 3. The molecule has 0 spiro atoms. The molecule has 1 saturated carbocycles. The summed E-state index contributed by atoms with van der Waals surface area (Å²) in [5, 5.41) is 9.00. The predicted octanol–water partition coefficient (Wildman–Crippen LogP) is 3.73. The van der Waals surface area contributed by atoms with Crippen LogP contribution in [0.4, 0.5) is 5.69 Å². The van der Waals surface area contributed by atoms with Crippen LogP contribution in [-0.2, 0) is 9.53 Å². The number of hydrogen-bond acceptors (Lipinski definition) is 7. The van der Waals surface area contributed by atoms with Gasteiger partial charge in [0.15, 0.2) is 6.61 Å². The molecule has 1 heterocycles. The first-order valence-corrected chi connectivity index (χ1v) is 12.0. The number of para-hydroxylation sites is 2. The molecule has 186 valence electrons. The first kappa shape index (κ1) is 24.9. The fraction of sp³-hybridized carbons (Fsp3) is 0.370. The molecule has 1 aliphatic carbocycles. The van der Waals surface area contributed by atoms with Crippen molar-refractivity contribution in [3.63, 3.8) is 0 Å². The summed E-state index contributed by atoms with van der Waals surface area (Å²) in [4.78, 5) is 54.2. The van der Waals surface area contributed by atoms with Crippen molar-refractivity contribution in [3.05, 3.63) is 59.2 Å². The van der Waals surface area contributed by atoms with Crippen LogP contribution in [-0.4, -0.2) is 54.9 Å². The van der Waals surface area contributed by atoms with Gasteiger partial charge in [-0.2, -0.15) is 5.26 Å². The Bertz CT molecular complexity index is 1230. The monoisotopic (exact) mass is 489 g/mol. The second kappa shape index (κ2) is 11.0. The Morgan fingerprint density at radius 1 is 1.06 bits per heavy atom. The number of nitriles is 1. The lowest BCUT2D eigenvalue weighted by atomic mass is 9.94. The van der Waals surface area contributed by atoms with Crippen molar-refractivity contribution >= 4 is 29.4 Å². The summed E-state index contributed by atoms with van der Waals surface area (Å²) < 4.78 is 10.6. The highest BCUT2D eigenvalue weighted by atomic mass is 16.5. The third-order valence-electron chi connectivity index (χ3n) is 6.54.